The molecular weight excluding hydrogens is 168 g/mol. The lowest BCUT2D eigenvalue weighted by atomic mass is 10.2. The maximum Gasteiger partial charge on any atom is 0.200 e. The van der Waals surface area contributed by atoms with E-state index in [1.54, 1.807) is 14.1 Å². The molecule has 1 aliphatic carbocycles. The van der Waals surface area contributed by atoms with Crippen LogP contribution in [0.3, 0.4) is 0 Å². The molecule has 0 atom stereocenters. The molecule has 0 bridgehead atoms. The Morgan fingerprint density at radius 2 is 2.08 bits per heavy atom. The van der Waals surface area contributed by atoms with Gasteiger partial charge in [-0.25, -0.2) is 0 Å². The lowest BCUT2D eigenvalue weighted by molar-refractivity contribution is 0.377. The van der Waals surface area contributed by atoms with E-state index >= 15 is 0 Å². The third-order valence-electron chi connectivity index (χ3n) is 2.34. The first kappa shape index (κ1) is 8.72. The summed E-state index contributed by atoms with van der Waals surface area (Å²) in [5.74, 6) is 1.25. The molecule has 4 nitrogen and oxygen atoms in total. The van der Waals surface area contributed by atoms with Crippen LogP contribution in [0.15, 0.2) is 4.52 Å². The van der Waals surface area contributed by atoms with Gasteiger partial charge in [0.15, 0.2) is 5.69 Å². The molecule has 1 saturated carbocycles. The molecule has 72 valence electrons. The third-order valence-corrected chi connectivity index (χ3v) is 2.34. The van der Waals surface area contributed by atoms with E-state index in [2.05, 4.69) is 5.16 Å². The van der Waals surface area contributed by atoms with Crippen molar-refractivity contribution in [3.63, 3.8) is 0 Å². The number of rotatable bonds is 2. The summed E-state index contributed by atoms with van der Waals surface area (Å²) in [6.07, 6.45) is 2.25. The Hall–Kier alpha value is -0.870. The van der Waals surface area contributed by atoms with Gasteiger partial charge >= 0.3 is 0 Å². The molecule has 0 aliphatic heterocycles. The summed E-state index contributed by atoms with van der Waals surface area (Å²) in [6.45, 7) is 1.82. The topological polar surface area (TPSA) is 49.1 Å². The molecule has 1 aliphatic rings. The van der Waals surface area contributed by atoms with Crippen LogP contribution in [0.25, 0.3) is 0 Å². The zero-order valence-electron chi connectivity index (χ0n) is 8.20. The van der Waals surface area contributed by atoms with Crippen molar-refractivity contribution in [3.05, 3.63) is 16.7 Å². The first-order chi connectivity index (χ1) is 6.00. The Bertz CT molecular complexity index is 321. The second kappa shape index (κ2) is 2.56. The van der Waals surface area contributed by atoms with Gasteiger partial charge in [0.05, 0.1) is 14.1 Å². The lowest BCUT2D eigenvalue weighted by Crippen LogP contribution is -2.33. The van der Waals surface area contributed by atoms with Crippen molar-refractivity contribution in [2.24, 2.45) is 0 Å². The molecule has 1 aromatic rings. The van der Waals surface area contributed by atoms with Crippen LogP contribution in [0.4, 0.5) is 5.69 Å². The molecule has 0 unspecified atom stereocenters. The Balaban J connectivity index is 2.46. The average Bonchev–Trinajstić information content (AvgIpc) is 2.73. The molecule has 13 heavy (non-hydrogen) atoms. The maximum absolute atomic E-state index is 11.8. The zero-order chi connectivity index (χ0) is 9.64. The van der Waals surface area contributed by atoms with Crippen LogP contribution in [-0.2, 0) is 0 Å². The number of aromatic nitrogens is 1. The predicted molar refractivity (Wildman–Crippen MR) is 50.2 cm³/mol. The molecular formula is C9H14N2O2. The van der Waals surface area contributed by atoms with Crippen molar-refractivity contribution in [2.45, 2.75) is 25.7 Å². The summed E-state index contributed by atoms with van der Waals surface area (Å²) in [5.41, 5.74) is 1.43. The number of hydroxylamine groups is 2. The molecule has 1 heterocycles. The Kier molecular flexibility index (Phi) is 1.72. The third kappa shape index (κ3) is 1.47. The summed E-state index contributed by atoms with van der Waals surface area (Å²) in [6, 6.07) is 0. The van der Waals surface area contributed by atoms with E-state index in [0.717, 1.165) is 24.3 Å². The number of nitrogens with zero attached hydrogens (tertiary/aromatic N) is 2. The zero-order valence-corrected chi connectivity index (χ0v) is 8.20. The average molecular weight is 182 g/mol. The Labute approximate surface area is 77.3 Å². The summed E-state index contributed by atoms with van der Waals surface area (Å²) >= 11 is 0. The van der Waals surface area contributed by atoms with E-state index in [9.17, 15) is 5.21 Å². The van der Waals surface area contributed by atoms with Gasteiger partial charge in [-0.3, -0.25) is 0 Å². The molecule has 0 aromatic carbocycles. The van der Waals surface area contributed by atoms with E-state index in [0.29, 0.717) is 11.6 Å². The molecule has 1 fully saturated rings. The number of quaternary nitrogens is 1. The Morgan fingerprint density at radius 3 is 2.54 bits per heavy atom. The minimum Gasteiger partial charge on any atom is -0.628 e. The first-order valence-corrected chi connectivity index (χ1v) is 4.52. The highest BCUT2D eigenvalue weighted by Crippen LogP contribution is 2.46. The maximum atomic E-state index is 11.8. The van der Waals surface area contributed by atoms with Crippen LogP contribution in [0.5, 0.6) is 0 Å². The van der Waals surface area contributed by atoms with E-state index in [-0.39, 0.29) is 0 Å². The fourth-order valence-electron chi connectivity index (χ4n) is 1.65. The first-order valence-electron chi connectivity index (χ1n) is 4.52. The van der Waals surface area contributed by atoms with Gasteiger partial charge in [0, 0.05) is 5.92 Å². The monoisotopic (exact) mass is 182 g/mol. The molecule has 0 N–H and O–H groups in total. The highest BCUT2D eigenvalue weighted by molar-refractivity contribution is 5.52. The quantitative estimate of drug-likeness (QED) is 0.518. The van der Waals surface area contributed by atoms with Crippen molar-refractivity contribution in [3.8, 4) is 0 Å². The smallest absolute Gasteiger partial charge is 0.200 e. The fraction of sp³-hybridized carbons (Fsp3) is 0.667. The van der Waals surface area contributed by atoms with Crippen LogP contribution in [0.1, 0.15) is 30.2 Å². The van der Waals surface area contributed by atoms with Gasteiger partial charge < -0.3 is 14.4 Å². The van der Waals surface area contributed by atoms with Crippen LogP contribution in [0, 0.1) is 12.1 Å². The Morgan fingerprint density at radius 1 is 1.46 bits per heavy atom. The molecule has 0 radical (unpaired) electrons. The standard InChI is InChI=1S/C9H14N2O2/c1-6-8(11(2,3)12)9(13-10-6)7-4-5-7/h7H,4-5H2,1-3H3. The van der Waals surface area contributed by atoms with Crippen LogP contribution < -0.4 is 4.65 Å². The van der Waals surface area contributed by atoms with Gasteiger partial charge in [-0.15, -0.1) is 0 Å². The van der Waals surface area contributed by atoms with Gasteiger partial charge in [0.1, 0.15) is 5.69 Å². The largest absolute Gasteiger partial charge is 0.628 e. The number of hydrogen-bond donors (Lipinski definition) is 0. The fourth-order valence-corrected chi connectivity index (χ4v) is 1.65. The van der Waals surface area contributed by atoms with Gasteiger partial charge in [-0.2, -0.15) is 0 Å². The molecule has 1 aromatic heterocycles. The van der Waals surface area contributed by atoms with Gasteiger partial charge in [-0.1, -0.05) is 5.16 Å². The van der Waals surface area contributed by atoms with Crippen LogP contribution in [0.2, 0.25) is 0 Å². The molecule has 0 saturated heterocycles. The summed E-state index contributed by atoms with van der Waals surface area (Å²) in [5, 5.41) is 15.6. The van der Waals surface area contributed by atoms with Crippen molar-refractivity contribution < 1.29 is 4.52 Å². The molecule has 0 amide bonds. The molecule has 0 spiro atoms. The molecule has 4 heteroatoms. The van der Waals surface area contributed by atoms with Gasteiger partial charge in [-0.05, 0) is 19.8 Å². The summed E-state index contributed by atoms with van der Waals surface area (Å²) in [4.78, 5) is 0. The second-order valence-corrected chi connectivity index (χ2v) is 4.11. The number of hydrogen-bond acceptors (Lipinski definition) is 3. The normalized spacial score (nSPS) is 17.8. The van der Waals surface area contributed by atoms with Crippen molar-refractivity contribution in [1.82, 2.24) is 9.80 Å². The van der Waals surface area contributed by atoms with E-state index in [1.165, 1.54) is 0 Å². The predicted octanol–water partition coefficient (Wildman–Crippen LogP) is 1.93. The number of aryl methyl sites for hydroxylation is 1. The van der Waals surface area contributed by atoms with Crippen molar-refractivity contribution >= 4 is 5.69 Å². The van der Waals surface area contributed by atoms with E-state index in [1.807, 2.05) is 6.92 Å². The SMILES string of the molecule is Cc1noc(C2CC2)c1[N+](C)(C)[O-]. The summed E-state index contributed by atoms with van der Waals surface area (Å²) in [7, 11) is 3.21. The van der Waals surface area contributed by atoms with Crippen LogP contribution in [-0.4, -0.2) is 19.3 Å². The van der Waals surface area contributed by atoms with Gasteiger partial charge in [0.2, 0.25) is 5.76 Å². The van der Waals surface area contributed by atoms with Crippen molar-refractivity contribution in [1.29, 1.82) is 0 Å². The summed E-state index contributed by atoms with van der Waals surface area (Å²) < 4.78 is 4.74. The van der Waals surface area contributed by atoms with Crippen molar-refractivity contribution in [2.75, 3.05) is 14.1 Å². The van der Waals surface area contributed by atoms with Gasteiger partial charge in [0.25, 0.3) is 0 Å². The van der Waals surface area contributed by atoms with E-state index in [4.69, 9.17) is 4.52 Å². The van der Waals surface area contributed by atoms with Crippen LogP contribution >= 0.6 is 0 Å². The minimum absolute atomic E-state index is 0.443. The minimum atomic E-state index is -0.443. The highest BCUT2D eigenvalue weighted by atomic mass is 16.5. The molecule has 2 rings (SSSR count). The van der Waals surface area contributed by atoms with E-state index < -0.39 is 4.65 Å². The lowest BCUT2D eigenvalue weighted by Gasteiger charge is -2.32. The highest BCUT2D eigenvalue weighted by Gasteiger charge is 2.36. The second-order valence-electron chi connectivity index (χ2n) is 4.11.